The number of halogens is 1. The van der Waals surface area contributed by atoms with Crippen LogP contribution in [0.4, 0.5) is 4.39 Å². The van der Waals surface area contributed by atoms with Gasteiger partial charge in [-0.15, -0.1) is 0 Å². The lowest BCUT2D eigenvalue weighted by molar-refractivity contribution is 0.0997. The number of likely N-dealkylation sites (N-methyl/N-ethyl adjacent to an activating group) is 1. The Labute approximate surface area is 128 Å². The van der Waals surface area contributed by atoms with E-state index in [4.69, 9.17) is 4.74 Å². The predicted molar refractivity (Wildman–Crippen MR) is 86.0 cm³/mol. The molecule has 0 spiro atoms. The van der Waals surface area contributed by atoms with Gasteiger partial charge in [0.05, 0.1) is 6.61 Å². The topological polar surface area (TPSA) is 24.5 Å². The molecule has 1 N–H and O–H groups in total. The molecule has 0 saturated carbocycles. The van der Waals surface area contributed by atoms with Crippen molar-refractivity contribution in [1.29, 1.82) is 0 Å². The highest BCUT2D eigenvalue weighted by Crippen LogP contribution is 2.18. The summed E-state index contributed by atoms with van der Waals surface area (Å²) in [5.41, 5.74) is 1.15. The van der Waals surface area contributed by atoms with E-state index in [-0.39, 0.29) is 11.9 Å². The van der Waals surface area contributed by atoms with Gasteiger partial charge in [0.15, 0.2) is 0 Å². The molecule has 0 aromatic heterocycles. The fraction of sp³-hybridized carbons (Fsp3) is 0.647. The number of nitrogens with one attached hydrogen (secondary N) is 1. The van der Waals surface area contributed by atoms with Gasteiger partial charge in [-0.25, -0.2) is 4.39 Å². The van der Waals surface area contributed by atoms with Crippen LogP contribution < -0.4 is 5.32 Å². The van der Waals surface area contributed by atoms with Crippen LogP contribution in [0.25, 0.3) is 0 Å². The van der Waals surface area contributed by atoms with Crippen molar-refractivity contribution in [3.63, 3.8) is 0 Å². The van der Waals surface area contributed by atoms with E-state index in [9.17, 15) is 4.39 Å². The maximum Gasteiger partial charge on any atom is 0.123 e. The monoisotopic (exact) mass is 296 g/mol. The van der Waals surface area contributed by atoms with Gasteiger partial charge in [0.25, 0.3) is 0 Å². The normalized spacial score (nSPS) is 14.4. The molecule has 0 aliphatic rings. The Morgan fingerprint density at radius 3 is 2.43 bits per heavy atom. The smallest absolute Gasteiger partial charge is 0.123 e. The molecule has 0 radical (unpaired) electrons. The summed E-state index contributed by atoms with van der Waals surface area (Å²) in [5, 5.41) is 3.49. The largest absolute Gasteiger partial charge is 0.383 e. The lowest BCUT2D eigenvalue weighted by Gasteiger charge is -2.29. The lowest BCUT2D eigenvalue weighted by atomic mass is 10.0. The zero-order valence-electron chi connectivity index (χ0n) is 13.7. The van der Waals surface area contributed by atoms with E-state index >= 15 is 0 Å². The quantitative estimate of drug-likeness (QED) is 0.717. The van der Waals surface area contributed by atoms with E-state index in [0.717, 1.165) is 38.2 Å². The number of nitrogens with zero attached hydrogens (tertiary/aromatic N) is 1. The van der Waals surface area contributed by atoms with Crippen LogP contribution >= 0.6 is 0 Å². The van der Waals surface area contributed by atoms with Crippen LogP contribution in [0.2, 0.25) is 0 Å². The number of ether oxygens (including phenoxy) is 1. The van der Waals surface area contributed by atoms with Crippen molar-refractivity contribution < 1.29 is 9.13 Å². The number of methoxy groups -OCH3 is 1. The number of hydrogen-bond donors (Lipinski definition) is 1. The highest BCUT2D eigenvalue weighted by atomic mass is 19.1. The van der Waals surface area contributed by atoms with Gasteiger partial charge in [-0.2, -0.15) is 0 Å². The minimum atomic E-state index is -0.183. The number of rotatable bonds is 10. The molecule has 3 nitrogen and oxygen atoms in total. The van der Waals surface area contributed by atoms with Crippen LogP contribution in [0, 0.1) is 5.82 Å². The zero-order valence-corrected chi connectivity index (χ0v) is 13.7. The number of hydrogen-bond acceptors (Lipinski definition) is 3. The maximum atomic E-state index is 13.1. The summed E-state index contributed by atoms with van der Waals surface area (Å²) in [6, 6.07) is 7.49. The molecule has 0 amide bonds. The van der Waals surface area contributed by atoms with Gasteiger partial charge in [0.2, 0.25) is 0 Å². The van der Waals surface area contributed by atoms with Crippen molar-refractivity contribution in [2.45, 2.75) is 39.3 Å². The Morgan fingerprint density at radius 2 is 1.90 bits per heavy atom. The molecule has 0 bridgehead atoms. The summed E-state index contributed by atoms with van der Waals surface area (Å²) in [4.78, 5) is 2.41. The summed E-state index contributed by atoms with van der Waals surface area (Å²) >= 11 is 0. The van der Waals surface area contributed by atoms with Crippen molar-refractivity contribution >= 4 is 0 Å². The maximum absolute atomic E-state index is 13.1. The fourth-order valence-corrected chi connectivity index (χ4v) is 2.66. The molecule has 4 heteroatoms. The van der Waals surface area contributed by atoms with E-state index in [1.54, 1.807) is 7.11 Å². The van der Waals surface area contributed by atoms with Gasteiger partial charge in [0.1, 0.15) is 5.82 Å². The van der Waals surface area contributed by atoms with Crippen LogP contribution in [0.1, 0.15) is 38.8 Å². The summed E-state index contributed by atoms with van der Waals surface area (Å²) in [5.74, 6) is -0.183. The molecule has 1 aromatic carbocycles. The third-order valence-corrected chi connectivity index (χ3v) is 3.87. The molecule has 1 aromatic rings. The molecule has 0 heterocycles. The van der Waals surface area contributed by atoms with Crippen LogP contribution in [0.3, 0.4) is 0 Å². The molecule has 0 saturated heterocycles. The first-order valence-electron chi connectivity index (χ1n) is 7.84. The van der Waals surface area contributed by atoms with Gasteiger partial charge in [-0.1, -0.05) is 26.0 Å². The first kappa shape index (κ1) is 18.1. The number of benzene rings is 1. The first-order chi connectivity index (χ1) is 10.1. The van der Waals surface area contributed by atoms with Gasteiger partial charge in [-0.3, -0.25) is 4.90 Å². The van der Waals surface area contributed by atoms with Gasteiger partial charge < -0.3 is 10.1 Å². The second-order valence-electron chi connectivity index (χ2n) is 5.38. The Morgan fingerprint density at radius 1 is 1.24 bits per heavy atom. The summed E-state index contributed by atoms with van der Waals surface area (Å²) < 4.78 is 18.3. The van der Waals surface area contributed by atoms with Crippen LogP contribution in [-0.4, -0.2) is 44.3 Å². The molecule has 2 unspecified atom stereocenters. The molecule has 0 fully saturated rings. The van der Waals surface area contributed by atoms with E-state index < -0.39 is 0 Å². The molecule has 1 rings (SSSR count). The minimum absolute atomic E-state index is 0.183. The Balaban J connectivity index is 2.63. The van der Waals surface area contributed by atoms with Gasteiger partial charge in [-0.05, 0) is 44.1 Å². The Hall–Kier alpha value is -0.970. The van der Waals surface area contributed by atoms with Crippen molar-refractivity contribution in [3.8, 4) is 0 Å². The molecule has 21 heavy (non-hydrogen) atoms. The second kappa shape index (κ2) is 9.87. The fourth-order valence-electron chi connectivity index (χ4n) is 2.66. The van der Waals surface area contributed by atoms with E-state index in [0.29, 0.717) is 6.04 Å². The Kier molecular flexibility index (Phi) is 8.50. The highest BCUT2D eigenvalue weighted by Gasteiger charge is 2.16. The van der Waals surface area contributed by atoms with Crippen molar-refractivity contribution in [1.82, 2.24) is 10.2 Å². The summed E-state index contributed by atoms with van der Waals surface area (Å²) in [7, 11) is 1.74. The Bertz CT molecular complexity index is 383. The summed E-state index contributed by atoms with van der Waals surface area (Å²) in [6.45, 7) is 10.1. The minimum Gasteiger partial charge on any atom is -0.383 e. The van der Waals surface area contributed by atoms with Crippen LogP contribution in [-0.2, 0) is 4.74 Å². The van der Waals surface area contributed by atoms with E-state index in [1.165, 1.54) is 12.1 Å². The summed E-state index contributed by atoms with van der Waals surface area (Å²) in [6.07, 6.45) is 1.00. The molecular weight excluding hydrogens is 267 g/mol. The second-order valence-corrected chi connectivity index (χ2v) is 5.38. The van der Waals surface area contributed by atoms with Gasteiger partial charge in [0, 0.05) is 25.7 Å². The van der Waals surface area contributed by atoms with Crippen molar-refractivity contribution in [2.24, 2.45) is 0 Å². The first-order valence-corrected chi connectivity index (χ1v) is 7.84. The molecule has 2 atom stereocenters. The standard InChI is InChI=1S/C17H29FN2O/c1-5-19-17(15-7-9-16(18)10-8-15)11-12-20(6-2)14(3)13-21-4/h7-10,14,17,19H,5-6,11-13H2,1-4H3. The van der Waals surface area contributed by atoms with Crippen LogP contribution in [0.15, 0.2) is 24.3 Å². The van der Waals surface area contributed by atoms with E-state index in [1.807, 2.05) is 12.1 Å². The zero-order chi connectivity index (χ0) is 15.7. The SMILES string of the molecule is CCNC(CCN(CC)C(C)COC)c1ccc(F)cc1. The van der Waals surface area contributed by atoms with Crippen molar-refractivity contribution in [2.75, 3.05) is 33.4 Å². The average molecular weight is 296 g/mol. The highest BCUT2D eigenvalue weighted by molar-refractivity contribution is 5.19. The van der Waals surface area contributed by atoms with Crippen molar-refractivity contribution in [3.05, 3.63) is 35.6 Å². The average Bonchev–Trinajstić information content (AvgIpc) is 2.48. The molecule has 120 valence electrons. The predicted octanol–water partition coefficient (Wildman–Crippen LogP) is 3.22. The molecule has 0 aliphatic carbocycles. The molecule has 0 aliphatic heterocycles. The molecular formula is C17H29FN2O. The lowest BCUT2D eigenvalue weighted by Crippen LogP contribution is -2.38. The third-order valence-electron chi connectivity index (χ3n) is 3.87. The van der Waals surface area contributed by atoms with Crippen LogP contribution in [0.5, 0.6) is 0 Å². The van der Waals surface area contributed by atoms with Gasteiger partial charge >= 0.3 is 0 Å². The third kappa shape index (κ3) is 6.12. The van der Waals surface area contributed by atoms with E-state index in [2.05, 4.69) is 31.0 Å².